The van der Waals surface area contributed by atoms with E-state index in [-0.39, 0.29) is 11.2 Å². The van der Waals surface area contributed by atoms with Crippen molar-refractivity contribution in [2.45, 2.75) is 23.4 Å². The molecule has 1 aromatic carbocycles. The molecule has 0 spiro atoms. The van der Waals surface area contributed by atoms with Crippen LogP contribution >= 0.6 is 23.1 Å². The molecule has 100 valence electrons. The maximum atomic E-state index is 12.3. The number of aryl methyl sites for hydroxylation is 1. The SMILES string of the molecule is Cc1nnc(S[C@@H](C)C(=O)N(C)c2ccccc2)s1. The summed E-state index contributed by atoms with van der Waals surface area (Å²) in [7, 11) is 1.79. The van der Waals surface area contributed by atoms with Crippen molar-refractivity contribution in [3.63, 3.8) is 0 Å². The quantitative estimate of drug-likeness (QED) is 0.813. The van der Waals surface area contributed by atoms with Crippen LogP contribution in [0.1, 0.15) is 11.9 Å². The van der Waals surface area contributed by atoms with Gasteiger partial charge in [-0.1, -0.05) is 41.3 Å². The van der Waals surface area contributed by atoms with Gasteiger partial charge in [-0.05, 0) is 26.0 Å². The lowest BCUT2D eigenvalue weighted by Crippen LogP contribution is -2.33. The predicted octanol–water partition coefficient (Wildman–Crippen LogP) is 2.99. The molecule has 0 fully saturated rings. The minimum absolute atomic E-state index is 0.0593. The molecule has 0 aliphatic carbocycles. The molecule has 2 rings (SSSR count). The van der Waals surface area contributed by atoms with Gasteiger partial charge in [0, 0.05) is 12.7 Å². The molecule has 0 unspecified atom stereocenters. The second-order valence-corrected chi connectivity index (χ2v) is 6.85. The molecule has 0 radical (unpaired) electrons. The maximum absolute atomic E-state index is 12.3. The summed E-state index contributed by atoms with van der Waals surface area (Å²) in [5.41, 5.74) is 0.897. The topological polar surface area (TPSA) is 46.1 Å². The fraction of sp³-hybridized carbons (Fsp3) is 0.308. The second-order valence-electron chi connectivity index (χ2n) is 4.08. The lowest BCUT2D eigenvalue weighted by Gasteiger charge is -2.20. The molecule has 0 aliphatic rings. The zero-order valence-electron chi connectivity index (χ0n) is 11.0. The smallest absolute Gasteiger partial charge is 0.240 e. The molecule has 4 nitrogen and oxygen atoms in total. The van der Waals surface area contributed by atoms with Gasteiger partial charge in [-0.25, -0.2) is 0 Å². The average Bonchev–Trinajstić information content (AvgIpc) is 2.83. The van der Waals surface area contributed by atoms with E-state index in [0.717, 1.165) is 15.0 Å². The van der Waals surface area contributed by atoms with Crippen LogP contribution in [-0.4, -0.2) is 28.4 Å². The number of anilines is 1. The van der Waals surface area contributed by atoms with Crippen molar-refractivity contribution in [2.24, 2.45) is 0 Å². The van der Waals surface area contributed by atoms with Crippen LogP contribution in [0, 0.1) is 6.92 Å². The maximum Gasteiger partial charge on any atom is 0.240 e. The van der Waals surface area contributed by atoms with E-state index in [1.807, 2.05) is 44.2 Å². The fourth-order valence-electron chi connectivity index (χ4n) is 1.58. The third-order valence-electron chi connectivity index (χ3n) is 2.61. The summed E-state index contributed by atoms with van der Waals surface area (Å²) < 4.78 is 0.833. The first-order valence-corrected chi connectivity index (χ1v) is 7.57. The summed E-state index contributed by atoms with van der Waals surface area (Å²) in [6.07, 6.45) is 0. The van der Waals surface area contributed by atoms with Crippen LogP contribution in [0.5, 0.6) is 0 Å². The highest BCUT2D eigenvalue weighted by Gasteiger charge is 2.21. The van der Waals surface area contributed by atoms with E-state index in [4.69, 9.17) is 0 Å². The van der Waals surface area contributed by atoms with E-state index in [1.54, 1.807) is 11.9 Å². The Balaban J connectivity index is 2.03. The number of nitrogens with zero attached hydrogens (tertiary/aromatic N) is 3. The number of carbonyl (C=O) groups excluding carboxylic acids is 1. The van der Waals surface area contributed by atoms with Gasteiger partial charge >= 0.3 is 0 Å². The second kappa shape index (κ2) is 6.16. The van der Waals surface area contributed by atoms with Crippen molar-refractivity contribution in [3.8, 4) is 0 Å². The molecule has 0 bridgehead atoms. The molecule has 0 aliphatic heterocycles. The number of thioether (sulfide) groups is 1. The van der Waals surface area contributed by atoms with Crippen LogP contribution < -0.4 is 4.90 Å². The van der Waals surface area contributed by atoms with Gasteiger partial charge in [0.1, 0.15) is 5.01 Å². The largest absolute Gasteiger partial charge is 0.315 e. The molecule has 1 heterocycles. The Hall–Kier alpha value is -1.40. The number of benzene rings is 1. The van der Waals surface area contributed by atoms with Gasteiger partial charge in [0.2, 0.25) is 5.91 Å². The number of para-hydroxylation sites is 1. The van der Waals surface area contributed by atoms with Crippen molar-refractivity contribution in [1.82, 2.24) is 10.2 Å². The van der Waals surface area contributed by atoms with Crippen LogP contribution in [-0.2, 0) is 4.79 Å². The highest BCUT2D eigenvalue weighted by molar-refractivity contribution is 8.02. The molecular formula is C13H15N3OS2. The van der Waals surface area contributed by atoms with Crippen LogP contribution in [0.2, 0.25) is 0 Å². The zero-order chi connectivity index (χ0) is 13.8. The Morgan fingerprint density at radius 2 is 2.00 bits per heavy atom. The van der Waals surface area contributed by atoms with Gasteiger partial charge in [-0.3, -0.25) is 4.79 Å². The number of amides is 1. The van der Waals surface area contributed by atoms with Crippen molar-refractivity contribution in [2.75, 3.05) is 11.9 Å². The summed E-state index contributed by atoms with van der Waals surface area (Å²) in [6.45, 7) is 3.80. The van der Waals surface area contributed by atoms with Gasteiger partial charge in [-0.2, -0.15) is 0 Å². The van der Waals surface area contributed by atoms with Crippen LogP contribution in [0.4, 0.5) is 5.69 Å². The molecule has 0 saturated carbocycles. The lowest BCUT2D eigenvalue weighted by molar-refractivity contribution is -0.117. The normalized spacial score (nSPS) is 12.2. The highest BCUT2D eigenvalue weighted by atomic mass is 32.2. The summed E-state index contributed by atoms with van der Waals surface area (Å²) in [5, 5.41) is 8.72. The molecule has 2 aromatic rings. The number of hydrogen-bond donors (Lipinski definition) is 0. The molecule has 0 saturated heterocycles. The number of carbonyl (C=O) groups is 1. The van der Waals surface area contributed by atoms with Gasteiger partial charge < -0.3 is 4.90 Å². The molecule has 6 heteroatoms. The number of rotatable bonds is 4. The fourth-order valence-corrected chi connectivity index (χ4v) is 3.63. The Kier molecular flexibility index (Phi) is 4.55. The Bertz CT molecular complexity index is 556. The van der Waals surface area contributed by atoms with E-state index in [2.05, 4.69) is 10.2 Å². The minimum Gasteiger partial charge on any atom is -0.315 e. The van der Waals surface area contributed by atoms with Crippen molar-refractivity contribution in [3.05, 3.63) is 35.3 Å². The van der Waals surface area contributed by atoms with Crippen LogP contribution in [0.25, 0.3) is 0 Å². The standard InChI is InChI=1S/C13H15N3OS2/c1-9(18-13-15-14-10(2)19-13)12(17)16(3)11-7-5-4-6-8-11/h4-9H,1-3H3/t9-/m0/s1. The predicted molar refractivity (Wildman–Crippen MR) is 79.8 cm³/mol. The van der Waals surface area contributed by atoms with E-state index in [9.17, 15) is 4.79 Å². The minimum atomic E-state index is -0.183. The lowest BCUT2D eigenvalue weighted by atomic mass is 10.3. The number of aromatic nitrogens is 2. The first kappa shape index (κ1) is 14.0. The summed E-state index contributed by atoms with van der Waals surface area (Å²) in [4.78, 5) is 14.0. The average molecular weight is 293 g/mol. The number of hydrogen-bond acceptors (Lipinski definition) is 5. The first-order chi connectivity index (χ1) is 9.08. The van der Waals surface area contributed by atoms with Crippen LogP contribution in [0.3, 0.4) is 0 Å². The Morgan fingerprint density at radius 1 is 1.32 bits per heavy atom. The van der Waals surface area contributed by atoms with E-state index >= 15 is 0 Å². The van der Waals surface area contributed by atoms with E-state index in [0.29, 0.717) is 0 Å². The van der Waals surface area contributed by atoms with E-state index in [1.165, 1.54) is 23.1 Å². The van der Waals surface area contributed by atoms with Gasteiger partial charge in [-0.15, -0.1) is 10.2 Å². The third-order valence-corrected chi connectivity index (χ3v) is 4.62. The van der Waals surface area contributed by atoms with Gasteiger partial charge in [0.25, 0.3) is 0 Å². The summed E-state index contributed by atoms with van der Waals surface area (Å²) >= 11 is 2.96. The molecule has 19 heavy (non-hydrogen) atoms. The Morgan fingerprint density at radius 3 is 2.58 bits per heavy atom. The Labute approximate surface area is 120 Å². The monoisotopic (exact) mass is 293 g/mol. The highest BCUT2D eigenvalue weighted by Crippen LogP contribution is 2.27. The van der Waals surface area contributed by atoms with Gasteiger partial charge in [0.15, 0.2) is 4.34 Å². The summed E-state index contributed by atoms with van der Waals surface area (Å²) in [5.74, 6) is 0.0593. The van der Waals surface area contributed by atoms with Crippen molar-refractivity contribution < 1.29 is 4.79 Å². The molecule has 1 aromatic heterocycles. The zero-order valence-corrected chi connectivity index (χ0v) is 12.7. The van der Waals surface area contributed by atoms with Gasteiger partial charge in [0.05, 0.1) is 5.25 Å². The van der Waals surface area contributed by atoms with Crippen LogP contribution in [0.15, 0.2) is 34.7 Å². The third kappa shape index (κ3) is 3.54. The molecule has 0 N–H and O–H groups in total. The molecule has 1 atom stereocenters. The van der Waals surface area contributed by atoms with Crippen molar-refractivity contribution in [1.29, 1.82) is 0 Å². The van der Waals surface area contributed by atoms with Crippen molar-refractivity contribution >= 4 is 34.7 Å². The first-order valence-electron chi connectivity index (χ1n) is 5.87. The summed E-state index contributed by atoms with van der Waals surface area (Å²) in [6, 6.07) is 9.62. The molecule has 1 amide bonds. The molecular weight excluding hydrogens is 278 g/mol. The van der Waals surface area contributed by atoms with E-state index < -0.39 is 0 Å².